The fourth-order valence-electron chi connectivity index (χ4n) is 6.34. The average Bonchev–Trinajstić information content (AvgIpc) is 1.99. The maximum Gasteiger partial charge on any atom is -0.0287 e. The molecule has 6 rings (SSSR count). The van der Waals surface area contributed by atoms with E-state index in [0.717, 1.165) is 35.0 Å². The average molecular weight is 176 g/mol. The van der Waals surface area contributed by atoms with E-state index in [1.165, 1.54) is 5.92 Å². The summed E-state index contributed by atoms with van der Waals surface area (Å²) >= 11 is 0. The third-order valence-electron chi connectivity index (χ3n) is 6.14. The Morgan fingerprint density at radius 2 is 1.46 bits per heavy atom. The summed E-state index contributed by atoms with van der Waals surface area (Å²) in [6, 6.07) is 0. The summed E-state index contributed by atoms with van der Waals surface area (Å²) < 4.78 is 0. The van der Waals surface area contributed by atoms with Gasteiger partial charge in [0.15, 0.2) is 0 Å². The summed E-state index contributed by atoms with van der Waals surface area (Å²) in [4.78, 5) is 0. The lowest BCUT2D eigenvalue weighted by Gasteiger charge is -2.74. The van der Waals surface area contributed by atoms with Gasteiger partial charge in [-0.3, -0.25) is 0 Å². The van der Waals surface area contributed by atoms with Crippen molar-refractivity contribution in [2.45, 2.75) is 39.5 Å². The molecule has 2 unspecified atom stereocenters. The van der Waals surface area contributed by atoms with E-state index in [1.54, 1.807) is 25.7 Å². The molecular formula is C13H20. The summed E-state index contributed by atoms with van der Waals surface area (Å²) in [6.07, 6.45) is 6.44. The van der Waals surface area contributed by atoms with Gasteiger partial charge in [-0.05, 0) is 66.6 Å². The minimum Gasteiger partial charge on any atom is -0.0593 e. The zero-order valence-electron chi connectivity index (χ0n) is 8.79. The van der Waals surface area contributed by atoms with Crippen molar-refractivity contribution in [3.63, 3.8) is 0 Å². The highest BCUT2D eigenvalue weighted by Gasteiger charge is 2.68. The lowest BCUT2D eigenvalue weighted by Crippen LogP contribution is -2.68. The van der Waals surface area contributed by atoms with Crippen LogP contribution in [0.2, 0.25) is 0 Å². The maximum atomic E-state index is 2.56. The topological polar surface area (TPSA) is 0 Å². The normalized spacial score (nSPS) is 65.1. The highest BCUT2D eigenvalue weighted by molar-refractivity contribution is 5.17. The molecule has 0 aromatic heterocycles. The van der Waals surface area contributed by atoms with E-state index in [0.29, 0.717) is 0 Å². The van der Waals surface area contributed by atoms with Crippen LogP contribution >= 0.6 is 0 Å². The highest BCUT2D eigenvalue weighted by atomic mass is 14.7. The SMILES string of the molecule is CC1(C)[C@@H]2C3CC4C[C@@H]2C[C@H](C4)[C@H]31. The molecule has 0 aliphatic heterocycles. The number of hydrogen-bond acceptors (Lipinski definition) is 0. The van der Waals surface area contributed by atoms with Crippen LogP contribution in [0.5, 0.6) is 0 Å². The summed E-state index contributed by atoms with van der Waals surface area (Å²) in [6.45, 7) is 5.12. The third kappa shape index (κ3) is 0.620. The second kappa shape index (κ2) is 1.85. The molecule has 72 valence electrons. The van der Waals surface area contributed by atoms with Gasteiger partial charge in [0.1, 0.15) is 0 Å². The van der Waals surface area contributed by atoms with Crippen LogP contribution in [0.15, 0.2) is 0 Å². The van der Waals surface area contributed by atoms with E-state index in [1.807, 2.05) is 0 Å². The van der Waals surface area contributed by atoms with Gasteiger partial charge >= 0.3 is 0 Å². The van der Waals surface area contributed by atoms with Crippen molar-refractivity contribution in [3.05, 3.63) is 0 Å². The van der Waals surface area contributed by atoms with Gasteiger partial charge in [0.05, 0.1) is 0 Å². The number of rotatable bonds is 0. The minimum atomic E-state index is 0.740. The quantitative estimate of drug-likeness (QED) is 0.531. The van der Waals surface area contributed by atoms with Crippen LogP contribution in [0.4, 0.5) is 0 Å². The molecule has 0 radical (unpaired) electrons. The Bertz CT molecular complexity index is 224. The van der Waals surface area contributed by atoms with Gasteiger partial charge in [-0.1, -0.05) is 13.8 Å². The Balaban J connectivity index is 1.83. The minimum absolute atomic E-state index is 0.740. The lowest BCUT2D eigenvalue weighted by atomic mass is 9.30. The zero-order valence-corrected chi connectivity index (χ0v) is 8.79. The lowest BCUT2D eigenvalue weighted by molar-refractivity contribution is -0.262. The van der Waals surface area contributed by atoms with Crippen molar-refractivity contribution >= 4 is 0 Å². The molecule has 0 heterocycles. The molecule has 6 atom stereocenters. The van der Waals surface area contributed by atoms with Gasteiger partial charge in [0.2, 0.25) is 0 Å². The maximum absolute atomic E-state index is 2.56. The molecule has 6 fully saturated rings. The van der Waals surface area contributed by atoms with Crippen molar-refractivity contribution < 1.29 is 0 Å². The van der Waals surface area contributed by atoms with Gasteiger partial charge in [-0.15, -0.1) is 0 Å². The molecule has 0 amide bonds. The van der Waals surface area contributed by atoms with Crippen molar-refractivity contribution in [1.29, 1.82) is 0 Å². The highest BCUT2D eigenvalue weighted by Crippen LogP contribution is 2.75. The fraction of sp³-hybridized carbons (Fsp3) is 1.00. The molecule has 6 aliphatic carbocycles. The number of hydrogen-bond donors (Lipinski definition) is 0. The molecule has 6 saturated carbocycles. The van der Waals surface area contributed by atoms with Crippen LogP contribution in [0.3, 0.4) is 0 Å². The van der Waals surface area contributed by atoms with Crippen molar-refractivity contribution in [1.82, 2.24) is 0 Å². The van der Waals surface area contributed by atoms with E-state index < -0.39 is 0 Å². The summed E-state index contributed by atoms with van der Waals surface area (Å²) in [7, 11) is 0. The Morgan fingerprint density at radius 3 is 2.00 bits per heavy atom. The van der Waals surface area contributed by atoms with Crippen LogP contribution in [0.1, 0.15) is 39.5 Å². The molecule has 6 bridgehead atoms. The second-order valence-corrected chi connectivity index (χ2v) is 6.87. The largest absolute Gasteiger partial charge is 0.0593 e. The fourth-order valence-corrected chi connectivity index (χ4v) is 6.34. The molecule has 0 saturated heterocycles. The van der Waals surface area contributed by atoms with Gasteiger partial charge < -0.3 is 0 Å². The first-order valence-corrected chi connectivity index (χ1v) is 6.18. The second-order valence-electron chi connectivity index (χ2n) is 6.87. The molecule has 0 heteroatoms. The van der Waals surface area contributed by atoms with Crippen molar-refractivity contribution in [2.24, 2.45) is 40.9 Å². The molecule has 0 aromatic carbocycles. The predicted molar refractivity (Wildman–Crippen MR) is 53.2 cm³/mol. The first kappa shape index (κ1) is 7.31. The van der Waals surface area contributed by atoms with E-state index in [-0.39, 0.29) is 0 Å². The predicted octanol–water partition coefficient (Wildman–Crippen LogP) is 3.32. The molecule has 0 nitrogen and oxygen atoms in total. The van der Waals surface area contributed by atoms with Crippen molar-refractivity contribution in [3.8, 4) is 0 Å². The molecule has 0 N–H and O–H groups in total. The van der Waals surface area contributed by atoms with Gasteiger partial charge in [-0.25, -0.2) is 0 Å². The van der Waals surface area contributed by atoms with Crippen molar-refractivity contribution in [2.75, 3.05) is 0 Å². The van der Waals surface area contributed by atoms with E-state index in [9.17, 15) is 0 Å². The standard InChI is InChI=1S/C13H20/c1-13(2)11-8-3-7-4-9(6-8)12(13)10(11)5-7/h7-12H,3-6H2,1-2H3/t7?,8-,9+,10?,11+,12-. The van der Waals surface area contributed by atoms with Crippen LogP contribution < -0.4 is 0 Å². The first-order chi connectivity index (χ1) is 6.18. The van der Waals surface area contributed by atoms with Gasteiger partial charge in [-0.2, -0.15) is 0 Å². The summed E-state index contributed by atoms with van der Waals surface area (Å²) in [5.41, 5.74) is 0.740. The monoisotopic (exact) mass is 176 g/mol. The smallest absolute Gasteiger partial charge is 0.0287 e. The molecular weight excluding hydrogens is 156 g/mol. The Hall–Kier alpha value is 0. The molecule has 13 heavy (non-hydrogen) atoms. The van der Waals surface area contributed by atoms with E-state index in [2.05, 4.69) is 13.8 Å². The molecule has 0 aromatic rings. The van der Waals surface area contributed by atoms with E-state index in [4.69, 9.17) is 0 Å². The Morgan fingerprint density at radius 1 is 0.846 bits per heavy atom. The third-order valence-corrected chi connectivity index (χ3v) is 6.14. The van der Waals surface area contributed by atoms with Crippen LogP contribution in [-0.4, -0.2) is 0 Å². The zero-order chi connectivity index (χ0) is 8.79. The molecule has 0 spiro atoms. The van der Waals surface area contributed by atoms with Gasteiger partial charge in [0, 0.05) is 0 Å². The molecule has 6 aliphatic rings. The summed E-state index contributed by atoms with van der Waals surface area (Å²) in [5, 5.41) is 0. The Kier molecular flexibility index (Phi) is 1.04. The van der Waals surface area contributed by atoms with Crippen LogP contribution in [-0.2, 0) is 0 Å². The first-order valence-electron chi connectivity index (χ1n) is 6.18. The van der Waals surface area contributed by atoms with Gasteiger partial charge in [0.25, 0.3) is 0 Å². The van der Waals surface area contributed by atoms with Crippen LogP contribution in [0, 0.1) is 40.9 Å². The van der Waals surface area contributed by atoms with E-state index >= 15 is 0 Å². The summed E-state index contributed by atoms with van der Waals surface area (Å²) in [5.74, 6) is 6.95. The Labute approximate surface area is 81.1 Å². The van der Waals surface area contributed by atoms with Crippen LogP contribution in [0.25, 0.3) is 0 Å².